The fraction of sp³-hybridized carbons (Fsp3) is 0.529. The molecule has 0 heterocycles. The second-order valence-electron chi connectivity index (χ2n) is 5.25. The molecule has 3 nitrogen and oxygen atoms in total. The number of hydrogen-bond acceptors (Lipinski definition) is 4. The van der Waals surface area contributed by atoms with Crippen LogP contribution >= 0.6 is 24.0 Å². The van der Waals surface area contributed by atoms with Gasteiger partial charge < -0.3 is 0 Å². The van der Waals surface area contributed by atoms with Crippen molar-refractivity contribution >= 4 is 54.7 Å². The Balaban J connectivity index is 2.74. The van der Waals surface area contributed by atoms with Crippen LogP contribution < -0.4 is 8.50 Å². The van der Waals surface area contributed by atoms with Crippen molar-refractivity contribution in [3.8, 4) is 5.75 Å². The quantitative estimate of drug-likeness (QED) is 0.226. The number of thioether (sulfide) groups is 1. The van der Waals surface area contributed by atoms with Gasteiger partial charge in [0.25, 0.3) is 0 Å². The molecule has 0 atom stereocenters. The van der Waals surface area contributed by atoms with Gasteiger partial charge in [-0.1, -0.05) is 0 Å². The molecule has 0 aliphatic carbocycles. The van der Waals surface area contributed by atoms with E-state index in [0.717, 1.165) is 11.3 Å². The van der Waals surface area contributed by atoms with Crippen LogP contribution in [0.1, 0.15) is 45.1 Å². The average Bonchev–Trinajstić information content (AvgIpc) is 2.58. The van der Waals surface area contributed by atoms with E-state index in [0.29, 0.717) is 4.32 Å². The molecule has 1 radical (unpaired) electrons. The first-order valence-electron chi connectivity index (χ1n) is 8.19. The van der Waals surface area contributed by atoms with Crippen LogP contribution in [0.5, 0.6) is 5.75 Å². The van der Waals surface area contributed by atoms with Crippen molar-refractivity contribution in [2.75, 3.05) is 6.26 Å². The van der Waals surface area contributed by atoms with Crippen molar-refractivity contribution < 1.29 is 3.07 Å². The number of nitrogens with zero attached hydrogens (tertiary/aromatic N) is 1. The van der Waals surface area contributed by atoms with Gasteiger partial charge in [-0.05, 0) is 0 Å². The Bertz CT molecular complexity index is 489. The SMILES string of the molecule is CCC[CH2][Sn]([CH2]CCC)[O]c1ccccc1C=NNC(=S)SC. The summed E-state index contributed by atoms with van der Waals surface area (Å²) in [7, 11) is 0. The number of rotatable bonds is 10. The fourth-order valence-electron chi connectivity index (χ4n) is 2.01. The minimum absolute atomic E-state index is 0.668. The number of nitrogens with one attached hydrogen (secondary N) is 1. The van der Waals surface area contributed by atoms with E-state index in [1.165, 1.54) is 46.3 Å². The van der Waals surface area contributed by atoms with Crippen molar-refractivity contribution in [3.05, 3.63) is 29.8 Å². The summed E-state index contributed by atoms with van der Waals surface area (Å²) in [5.74, 6) is 0.981. The van der Waals surface area contributed by atoms with Gasteiger partial charge in [0, 0.05) is 0 Å². The molecule has 0 aromatic heterocycles. The van der Waals surface area contributed by atoms with Gasteiger partial charge in [-0.3, -0.25) is 0 Å². The molecule has 1 aromatic carbocycles. The Kier molecular flexibility index (Phi) is 11.8. The van der Waals surface area contributed by atoms with Crippen molar-refractivity contribution in [2.45, 2.75) is 48.4 Å². The molecular formula is C17H27N2OS2Sn. The van der Waals surface area contributed by atoms with Crippen LogP contribution in [-0.4, -0.2) is 37.0 Å². The molecule has 0 spiro atoms. The van der Waals surface area contributed by atoms with Crippen molar-refractivity contribution in [1.82, 2.24) is 5.43 Å². The van der Waals surface area contributed by atoms with Crippen LogP contribution in [0.4, 0.5) is 0 Å². The summed E-state index contributed by atoms with van der Waals surface area (Å²) in [6.07, 6.45) is 8.81. The molecule has 0 unspecified atom stereocenters. The summed E-state index contributed by atoms with van der Waals surface area (Å²) in [5.41, 5.74) is 3.88. The van der Waals surface area contributed by atoms with Crippen molar-refractivity contribution in [3.63, 3.8) is 0 Å². The summed E-state index contributed by atoms with van der Waals surface area (Å²) < 4.78 is 9.75. The molecule has 6 heteroatoms. The van der Waals surface area contributed by atoms with E-state index in [1.54, 1.807) is 6.21 Å². The van der Waals surface area contributed by atoms with Crippen LogP contribution in [0.25, 0.3) is 0 Å². The average molecular weight is 458 g/mol. The number of hydrazone groups is 1. The summed E-state index contributed by atoms with van der Waals surface area (Å²) in [4.78, 5) is 0. The van der Waals surface area contributed by atoms with Crippen LogP contribution in [-0.2, 0) is 0 Å². The number of thiocarbonyl (C=S) groups is 1. The summed E-state index contributed by atoms with van der Waals surface area (Å²) in [6, 6.07) is 8.16. The summed E-state index contributed by atoms with van der Waals surface area (Å²) >= 11 is 4.75. The van der Waals surface area contributed by atoms with Crippen LogP contribution in [0.2, 0.25) is 8.87 Å². The van der Waals surface area contributed by atoms with Gasteiger partial charge in [-0.2, -0.15) is 0 Å². The van der Waals surface area contributed by atoms with Crippen molar-refractivity contribution in [1.29, 1.82) is 0 Å². The van der Waals surface area contributed by atoms with Crippen LogP contribution in [0, 0.1) is 0 Å². The predicted octanol–water partition coefficient (Wildman–Crippen LogP) is 5.23. The van der Waals surface area contributed by atoms with E-state index in [1.807, 2.05) is 24.5 Å². The van der Waals surface area contributed by atoms with E-state index in [2.05, 4.69) is 30.4 Å². The summed E-state index contributed by atoms with van der Waals surface area (Å²) in [6.45, 7) is 4.50. The van der Waals surface area contributed by atoms with E-state index in [-0.39, 0.29) is 0 Å². The van der Waals surface area contributed by atoms with Crippen LogP contribution in [0.3, 0.4) is 0 Å². The predicted molar refractivity (Wildman–Crippen MR) is 109 cm³/mol. The normalized spacial score (nSPS) is 11.1. The second-order valence-corrected chi connectivity index (χ2v) is 13.2. The maximum atomic E-state index is 6.47. The molecule has 23 heavy (non-hydrogen) atoms. The Labute approximate surface area is 157 Å². The molecule has 0 bridgehead atoms. The molecule has 0 saturated heterocycles. The molecule has 127 valence electrons. The summed E-state index contributed by atoms with van der Waals surface area (Å²) in [5, 5.41) is 4.21. The van der Waals surface area contributed by atoms with E-state index < -0.39 is 20.2 Å². The molecule has 0 aliphatic heterocycles. The van der Waals surface area contributed by atoms with Gasteiger partial charge in [-0.15, -0.1) is 0 Å². The zero-order chi connectivity index (χ0) is 16.9. The van der Waals surface area contributed by atoms with Crippen molar-refractivity contribution in [2.24, 2.45) is 5.10 Å². The van der Waals surface area contributed by atoms with Gasteiger partial charge in [0.2, 0.25) is 0 Å². The molecule has 1 N–H and O–H groups in total. The van der Waals surface area contributed by atoms with Gasteiger partial charge in [0.1, 0.15) is 0 Å². The Morgan fingerprint density at radius 1 is 1.26 bits per heavy atom. The van der Waals surface area contributed by atoms with Gasteiger partial charge in [0.15, 0.2) is 0 Å². The molecule has 0 amide bonds. The Hall–Kier alpha value is -0.271. The van der Waals surface area contributed by atoms with Gasteiger partial charge in [-0.25, -0.2) is 0 Å². The molecule has 1 rings (SSSR count). The zero-order valence-corrected chi connectivity index (χ0v) is 18.8. The van der Waals surface area contributed by atoms with E-state index in [9.17, 15) is 0 Å². The zero-order valence-electron chi connectivity index (χ0n) is 14.3. The third-order valence-corrected chi connectivity index (χ3v) is 11.0. The maximum absolute atomic E-state index is 6.47. The standard InChI is InChI=1S/C9H10N2OS2.2C4H9.Sn/c1-14-9(13)11-10-6-7-4-2-3-5-8(7)12;2*1-3-4-2;/h2-6,12H,1H3,(H,11,13);2*1,3-4H2,2H3;/q;;;+1/p-1. The van der Waals surface area contributed by atoms with Gasteiger partial charge in [0.05, 0.1) is 0 Å². The fourth-order valence-corrected chi connectivity index (χ4v) is 9.19. The number of benzene rings is 1. The monoisotopic (exact) mass is 459 g/mol. The Morgan fingerprint density at radius 3 is 2.52 bits per heavy atom. The third-order valence-electron chi connectivity index (χ3n) is 3.34. The first-order valence-corrected chi connectivity index (χ1v) is 15.0. The first kappa shape index (κ1) is 20.8. The molecule has 0 fully saturated rings. The first-order chi connectivity index (χ1) is 11.2. The molecule has 0 aliphatic rings. The third kappa shape index (κ3) is 8.96. The second kappa shape index (κ2) is 13.1. The number of hydrogen-bond donors (Lipinski definition) is 1. The number of unbranched alkanes of at least 4 members (excludes halogenated alkanes) is 2. The molecule has 0 saturated carbocycles. The molecule has 1 aromatic rings. The van der Waals surface area contributed by atoms with E-state index in [4.69, 9.17) is 15.3 Å². The van der Waals surface area contributed by atoms with Gasteiger partial charge >= 0.3 is 159 Å². The van der Waals surface area contributed by atoms with Crippen LogP contribution in [0.15, 0.2) is 29.4 Å². The molecular weight excluding hydrogens is 431 g/mol. The number of para-hydroxylation sites is 1. The minimum atomic E-state index is -1.81. The Morgan fingerprint density at radius 2 is 1.91 bits per heavy atom. The topological polar surface area (TPSA) is 33.6 Å². The van der Waals surface area contributed by atoms with E-state index >= 15 is 0 Å².